The first-order valence-corrected chi connectivity index (χ1v) is 7.22. The maximum Gasteiger partial charge on any atom is 0.257 e. The van der Waals surface area contributed by atoms with Crippen molar-refractivity contribution in [3.05, 3.63) is 64.4 Å². The number of aryl methyl sites for hydroxylation is 1. The standard InChI is InChI=1S/C16H12BrN3O/c1-10-9-11(17)5-6-13(10)20-16(21)12-3-2-4-14-15(12)19-8-7-18-14/h2-9H,1H3,(H,20,21). The van der Waals surface area contributed by atoms with Gasteiger partial charge in [0.1, 0.15) is 5.52 Å². The molecule has 1 amide bonds. The van der Waals surface area contributed by atoms with Crippen LogP contribution >= 0.6 is 15.9 Å². The van der Waals surface area contributed by atoms with Crippen LogP contribution in [0.2, 0.25) is 0 Å². The number of hydrogen-bond donors (Lipinski definition) is 1. The van der Waals surface area contributed by atoms with E-state index in [9.17, 15) is 4.79 Å². The Labute approximate surface area is 130 Å². The van der Waals surface area contributed by atoms with E-state index in [1.807, 2.05) is 31.2 Å². The first-order chi connectivity index (χ1) is 10.1. The van der Waals surface area contributed by atoms with Gasteiger partial charge in [-0.15, -0.1) is 0 Å². The molecule has 0 fully saturated rings. The summed E-state index contributed by atoms with van der Waals surface area (Å²) in [5, 5.41) is 2.92. The van der Waals surface area contributed by atoms with E-state index in [0.29, 0.717) is 16.6 Å². The predicted molar refractivity (Wildman–Crippen MR) is 86.4 cm³/mol. The summed E-state index contributed by atoms with van der Waals surface area (Å²) in [6, 6.07) is 11.1. The summed E-state index contributed by atoms with van der Waals surface area (Å²) in [6.07, 6.45) is 3.20. The summed E-state index contributed by atoms with van der Waals surface area (Å²) in [5.41, 5.74) is 3.60. The minimum Gasteiger partial charge on any atom is -0.322 e. The number of carbonyl (C=O) groups excluding carboxylic acids is 1. The van der Waals surface area contributed by atoms with Gasteiger partial charge in [0.25, 0.3) is 5.91 Å². The zero-order chi connectivity index (χ0) is 14.8. The lowest BCUT2D eigenvalue weighted by atomic mass is 10.1. The lowest BCUT2D eigenvalue weighted by molar-refractivity contribution is 0.102. The number of carbonyl (C=O) groups is 1. The van der Waals surface area contributed by atoms with E-state index < -0.39 is 0 Å². The zero-order valence-electron chi connectivity index (χ0n) is 11.3. The highest BCUT2D eigenvalue weighted by Crippen LogP contribution is 2.22. The highest BCUT2D eigenvalue weighted by molar-refractivity contribution is 9.10. The number of nitrogens with one attached hydrogen (secondary N) is 1. The van der Waals surface area contributed by atoms with Gasteiger partial charge in [0, 0.05) is 22.6 Å². The Morgan fingerprint density at radius 1 is 1.14 bits per heavy atom. The predicted octanol–water partition coefficient (Wildman–Crippen LogP) is 3.95. The molecule has 0 spiro atoms. The van der Waals surface area contributed by atoms with Crippen molar-refractivity contribution in [3.8, 4) is 0 Å². The van der Waals surface area contributed by atoms with Gasteiger partial charge in [-0.25, -0.2) is 0 Å². The molecule has 3 aromatic rings. The smallest absolute Gasteiger partial charge is 0.257 e. The molecule has 2 aromatic carbocycles. The molecule has 0 saturated carbocycles. The number of aromatic nitrogens is 2. The van der Waals surface area contributed by atoms with Gasteiger partial charge in [0.15, 0.2) is 0 Å². The molecule has 0 aliphatic carbocycles. The number of benzene rings is 2. The minimum atomic E-state index is -0.188. The van der Waals surface area contributed by atoms with E-state index in [1.54, 1.807) is 24.5 Å². The first kappa shape index (κ1) is 13.7. The second-order valence-electron chi connectivity index (χ2n) is 4.64. The van der Waals surface area contributed by atoms with Crippen LogP contribution in [-0.4, -0.2) is 15.9 Å². The van der Waals surface area contributed by atoms with Gasteiger partial charge in [-0.3, -0.25) is 14.8 Å². The molecular weight excluding hydrogens is 330 g/mol. The SMILES string of the molecule is Cc1cc(Br)ccc1NC(=O)c1cccc2nccnc12. The van der Waals surface area contributed by atoms with Crippen molar-refractivity contribution >= 4 is 38.6 Å². The summed E-state index contributed by atoms with van der Waals surface area (Å²) >= 11 is 3.41. The molecule has 1 heterocycles. The topological polar surface area (TPSA) is 54.9 Å². The number of para-hydroxylation sites is 1. The van der Waals surface area contributed by atoms with Crippen molar-refractivity contribution in [3.63, 3.8) is 0 Å². The highest BCUT2D eigenvalue weighted by Gasteiger charge is 2.12. The van der Waals surface area contributed by atoms with E-state index in [-0.39, 0.29) is 5.91 Å². The van der Waals surface area contributed by atoms with Gasteiger partial charge in [-0.2, -0.15) is 0 Å². The van der Waals surface area contributed by atoms with Crippen LogP contribution in [-0.2, 0) is 0 Å². The molecule has 0 aliphatic heterocycles. The summed E-state index contributed by atoms with van der Waals surface area (Å²) in [6.45, 7) is 1.95. The van der Waals surface area contributed by atoms with Gasteiger partial charge in [-0.1, -0.05) is 22.0 Å². The Hall–Kier alpha value is -2.27. The Balaban J connectivity index is 1.97. The highest BCUT2D eigenvalue weighted by atomic mass is 79.9. The van der Waals surface area contributed by atoms with E-state index in [0.717, 1.165) is 15.7 Å². The lowest BCUT2D eigenvalue weighted by Crippen LogP contribution is -2.13. The molecule has 1 N–H and O–H groups in total. The molecule has 3 rings (SSSR count). The number of fused-ring (bicyclic) bond motifs is 1. The monoisotopic (exact) mass is 341 g/mol. The quantitative estimate of drug-likeness (QED) is 0.767. The fraction of sp³-hybridized carbons (Fsp3) is 0.0625. The third-order valence-electron chi connectivity index (χ3n) is 3.18. The van der Waals surface area contributed by atoms with Gasteiger partial charge < -0.3 is 5.32 Å². The average Bonchev–Trinajstić information content (AvgIpc) is 2.49. The fourth-order valence-corrected chi connectivity index (χ4v) is 2.61. The van der Waals surface area contributed by atoms with Gasteiger partial charge in [0.05, 0.1) is 11.1 Å². The molecule has 0 bridgehead atoms. The lowest BCUT2D eigenvalue weighted by Gasteiger charge is -2.09. The molecule has 4 nitrogen and oxygen atoms in total. The first-order valence-electron chi connectivity index (χ1n) is 6.42. The summed E-state index contributed by atoms with van der Waals surface area (Å²) < 4.78 is 0.981. The number of amides is 1. The molecule has 5 heteroatoms. The van der Waals surface area contributed by atoms with E-state index in [4.69, 9.17) is 0 Å². The van der Waals surface area contributed by atoms with Crippen molar-refractivity contribution in [1.82, 2.24) is 9.97 Å². The van der Waals surface area contributed by atoms with Crippen molar-refractivity contribution in [2.45, 2.75) is 6.92 Å². The third-order valence-corrected chi connectivity index (χ3v) is 3.67. The Morgan fingerprint density at radius 3 is 2.76 bits per heavy atom. The zero-order valence-corrected chi connectivity index (χ0v) is 12.9. The van der Waals surface area contributed by atoms with E-state index >= 15 is 0 Å². The van der Waals surface area contributed by atoms with Crippen LogP contribution in [0.1, 0.15) is 15.9 Å². The van der Waals surface area contributed by atoms with Gasteiger partial charge in [-0.05, 0) is 42.8 Å². The van der Waals surface area contributed by atoms with Crippen LogP contribution in [0.3, 0.4) is 0 Å². The van der Waals surface area contributed by atoms with Crippen LogP contribution in [0.4, 0.5) is 5.69 Å². The van der Waals surface area contributed by atoms with Crippen molar-refractivity contribution < 1.29 is 4.79 Å². The third kappa shape index (κ3) is 2.78. The summed E-state index contributed by atoms with van der Waals surface area (Å²) in [7, 11) is 0. The van der Waals surface area contributed by atoms with E-state index in [2.05, 4.69) is 31.2 Å². The molecule has 0 saturated heterocycles. The normalized spacial score (nSPS) is 10.6. The maximum absolute atomic E-state index is 12.5. The Morgan fingerprint density at radius 2 is 1.95 bits per heavy atom. The largest absolute Gasteiger partial charge is 0.322 e. The Bertz CT molecular complexity index is 827. The molecule has 1 aromatic heterocycles. The number of rotatable bonds is 2. The minimum absolute atomic E-state index is 0.188. The average molecular weight is 342 g/mol. The number of anilines is 1. The molecule has 0 aliphatic rings. The van der Waals surface area contributed by atoms with Crippen molar-refractivity contribution in [2.24, 2.45) is 0 Å². The Kier molecular flexibility index (Phi) is 3.66. The second-order valence-corrected chi connectivity index (χ2v) is 5.56. The van der Waals surface area contributed by atoms with Crippen molar-refractivity contribution in [1.29, 1.82) is 0 Å². The van der Waals surface area contributed by atoms with Crippen molar-refractivity contribution in [2.75, 3.05) is 5.32 Å². The van der Waals surface area contributed by atoms with Crippen LogP contribution in [0.5, 0.6) is 0 Å². The maximum atomic E-state index is 12.5. The van der Waals surface area contributed by atoms with Gasteiger partial charge >= 0.3 is 0 Å². The molecule has 104 valence electrons. The summed E-state index contributed by atoms with van der Waals surface area (Å²) in [4.78, 5) is 20.9. The van der Waals surface area contributed by atoms with Gasteiger partial charge in [0.2, 0.25) is 0 Å². The molecular formula is C16H12BrN3O. The fourth-order valence-electron chi connectivity index (χ4n) is 2.13. The number of nitrogens with zero attached hydrogens (tertiary/aromatic N) is 2. The van der Waals surface area contributed by atoms with Crippen LogP contribution in [0.15, 0.2) is 53.3 Å². The molecule has 21 heavy (non-hydrogen) atoms. The molecule has 0 unspecified atom stereocenters. The van der Waals surface area contributed by atoms with Crippen LogP contribution in [0.25, 0.3) is 11.0 Å². The molecule has 0 radical (unpaired) electrons. The second kappa shape index (κ2) is 5.61. The summed E-state index contributed by atoms with van der Waals surface area (Å²) in [5.74, 6) is -0.188. The number of halogens is 1. The molecule has 0 atom stereocenters. The van der Waals surface area contributed by atoms with E-state index in [1.165, 1.54) is 0 Å². The van der Waals surface area contributed by atoms with Crippen LogP contribution < -0.4 is 5.32 Å². The number of hydrogen-bond acceptors (Lipinski definition) is 3. The van der Waals surface area contributed by atoms with Crippen LogP contribution in [0, 0.1) is 6.92 Å².